The molecule has 1 aliphatic rings. The number of carbonyl (C=O) groups is 1. The Morgan fingerprint density at radius 1 is 1.43 bits per heavy atom. The Morgan fingerprint density at radius 2 is 2.10 bits per heavy atom. The second kappa shape index (κ2) is 7.11. The number of hydrogen-bond acceptors (Lipinski definition) is 4. The lowest BCUT2D eigenvalue weighted by Crippen LogP contribution is -2.25. The number of halogens is 1. The van der Waals surface area contributed by atoms with Gasteiger partial charge in [0.05, 0.1) is 5.56 Å². The fourth-order valence-corrected chi connectivity index (χ4v) is 5.40. The maximum Gasteiger partial charge on any atom is 0.271 e. The molecule has 1 N–H and O–H groups in total. The standard InChI is InChI=1S/C14H20ClNO3S2/c1-10-12(9-20-14(10)21(15,18)19)13(17)16-8-4-7-11-5-2-3-6-11/h9,11H,2-8H2,1H3,(H,16,17). The zero-order valence-electron chi connectivity index (χ0n) is 12.0. The van der Waals surface area contributed by atoms with Crippen molar-refractivity contribution in [2.45, 2.75) is 49.7 Å². The van der Waals surface area contributed by atoms with Gasteiger partial charge in [-0.15, -0.1) is 11.3 Å². The molecule has 4 nitrogen and oxygen atoms in total. The Morgan fingerprint density at radius 3 is 2.67 bits per heavy atom. The van der Waals surface area contributed by atoms with Crippen LogP contribution in [0.15, 0.2) is 9.59 Å². The van der Waals surface area contributed by atoms with Crippen molar-refractivity contribution in [2.24, 2.45) is 5.92 Å². The highest BCUT2D eigenvalue weighted by atomic mass is 35.7. The van der Waals surface area contributed by atoms with Gasteiger partial charge in [-0.3, -0.25) is 4.79 Å². The summed E-state index contributed by atoms with van der Waals surface area (Å²) in [6, 6.07) is 0. The first kappa shape index (κ1) is 16.8. The number of nitrogens with one attached hydrogen (secondary N) is 1. The number of rotatable bonds is 6. The molecule has 1 aromatic rings. The van der Waals surface area contributed by atoms with E-state index in [9.17, 15) is 13.2 Å². The third kappa shape index (κ3) is 4.44. The molecular formula is C14H20ClNO3S2. The summed E-state index contributed by atoms with van der Waals surface area (Å²) in [4.78, 5) is 12.1. The van der Waals surface area contributed by atoms with Crippen molar-refractivity contribution in [3.8, 4) is 0 Å². The number of amides is 1. The maximum atomic E-state index is 12.1. The van der Waals surface area contributed by atoms with Gasteiger partial charge in [0.25, 0.3) is 15.0 Å². The van der Waals surface area contributed by atoms with E-state index in [2.05, 4.69) is 5.32 Å². The highest BCUT2D eigenvalue weighted by Crippen LogP contribution is 2.30. The van der Waals surface area contributed by atoms with E-state index in [-0.39, 0.29) is 10.1 Å². The molecule has 0 aromatic carbocycles. The Labute approximate surface area is 134 Å². The average molecular weight is 350 g/mol. The quantitative estimate of drug-likeness (QED) is 0.629. The van der Waals surface area contributed by atoms with Crippen molar-refractivity contribution in [2.75, 3.05) is 6.54 Å². The molecule has 0 radical (unpaired) electrons. The van der Waals surface area contributed by atoms with Crippen molar-refractivity contribution in [1.82, 2.24) is 5.32 Å². The Kier molecular flexibility index (Phi) is 5.68. The predicted octanol–water partition coefficient (Wildman–Crippen LogP) is 3.68. The van der Waals surface area contributed by atoms with E-state index in [1.54, 1.807) is 12.3 Å². The molecule has 0 bridgehead atoms. The molecule has 1 fully saturated rings. The van der Waals surface area contributed by atoms with Crippen LogP contribution in [0.1, 0.15) is 54.4 Å². The smallest absolute Gasteiger partial charge is 0.271 e. The van der Waals surface area contributed by atoms with Gasteiger partial charge in [0.2, 0.25) is 0 Å². The maximum absolute atomic E-state index is 12.1. The summed E-state index contributed by atoms with van der Waals surface area (Å²) in [5.74, 6) is 0.597. The summed E-state index contributed by atoms with van der Waals surface area (Å²) in [6.45, 7) is 2.24. The fraction of sp³-hybridized carbons (Fsp3) is 0.643. The predicted molar refractivity (Wildman–Crippen MR) is 85.6 cm³/mol. The molecule has 1 heterocycles. The summed E-state index contributed by atoms with van der Waals surface area (Å²) in [7, 11) is 1.56. The van der Waals surface area contributed by atoms with Crippen molar-refractivity contribution >= 4 is 37.0 Å². The monoisotopic (exact) mass is 349 g/mol. The SMILES string of the molecule is Cc1c(C(=O)NCCCC2CCCC2)csc1S(=O)(=O)Cl. The summed E-state index contributed by atoms with van der Waals surface area (Å²) in [5, 5.41) is 4.41. The van der Waals surface area contributed by atoms with Gasteiger partial charge >= 0.3 is 0 Å². The van der Waals surface area contributed by atoms with E-state index in [0.29, 0.717) is 17.7 Å². The van der Waals surface area contributed by atoms with Crippen LogP contribution in [-0.2, 0) is 9.05 Å². The molecule has 21 heavy (non-hydrogen) atoms. The van der Waals surface area contributed by atoms with Gasteiger partial charge in [-0.25, -0.2) is 8.42 Å². The molecule has 0 spiro atoms. The third-order valence-electron chi connectivity index (χ3n) is 4.01. The average Bonchev–Trinajstić information content (AvgIpc) is 3.02. The van der Waals surface area contributed by atoms with Gasteiger partial charge in [0.15, 0.2) is 0 Å². The molecule has 1 aromatic heterocycles. The van der Waals surface area contributed by atoms with E-state index < -0.39 is 9.05 Å². The molecule has 118 valence electrons. The Bertz CT molecular complexity index is 604. The van der Waals surface area contributed by atoms with Crippen molar-refractivity contribution in [1.29, 1.82) is 0 Å². The summed E-state index contributed by atoms with van der Waals surface area (Å²) < 4.78 is 22.7. The van der Waals surface area contributed by atoms with Crippen molar-refractivity contribution < 1.29 is 13.2 Å². The van der Waals surface area contributed by atoms with Gasteiger partial charge in [-0.2, -0.15) is 0 Å². The zero-order chi connectivity index (χ0) is 15.5. The van der Waals surface area contributed by atoms with E-state index in [4.69, 9.17) is 10.7 Å². The summed E-state index contributed by atoms with van der Waals surface area (Å²) in [6.07, 6.45) is 7.43. The van der Waals surface area contributed by atoms with Gasteiger partial charge in [-0.05, 0) is 31.2 Å². The van der Waals surface area contributed by atoms with E-state index in [1.165, 1.54) is 25.7 Å². The van der Waals surface area contributed by atoms with Crippen LogP contribution in [-0.4, -0.2) is 20.9 Å². The van der Waals surface area contributed by atoms with Crippen molar-refractivity contribution in [3.63, 3.8) is 0 Å². The molecule has 0 aliphatic heterocycles. The summed E-state index contributed by atoms with van der Waals surface area (Å²) >= 11 is 0.990. The Hall–Kier alpha value is -0.590. The van der Waals surface area contributed by atoms with E-state index in [1.807, 2.05) is 0 Å². The molecular weight excluding hydrogens is 330 g/mol. The number of carbonyl (C=O) groups excluding carboxylic acids is 1. The molecule has 1 amide bonds. The topological polar surface area (TPSA) is 63.2 Å². The largest absolute Gasteiger partial charge is 0.352 e. The minimum atomic E-state index is -3.77. The van der Waals surface area contributed by atoms with Crippen LogP contribution in [0.2, 0.25) is 0 Å². The van der Waals surface area contributed by atoms with Crippen LogP contribution in [0, 0.1) is 12.8 Å². The highest BCUT2D eigenvalue weighted by molar-refractivity contribution is 8.15. The summed E-state index contributed by atoms with van der Waals surface area (Å²) in [5.41, 5.74) is 0.836. The van der Waals surface area contributed by atoms with Crippen LogP contribution >= 0.6 is 22.0 Å². The van der Waals surface area contributed by atoms with Crippen LogP contribution in [0.4, 0.5) is 0 Å². The van der Waals surface area contributed by atoms with E-state index >= 15 is 0 Å². The minimum absolute atomic E-state index is 0.0558. The Balaban J connectivity index is 1.84. The number of hydrogen-bond donors (Lipinski definition) is 1. The molecule has 1 aliphatic carbocycles. The molecule has 0 unspecified atom stereocenters. The van der Waals surface area contributed by atoms with E-state index in [0.717, 1.165) is 30.1 Å². The molecule has 7 heteroatoms. The fourth-order valence-electron chi connectivity index (χ4n) is 2.85. The normalized spacial score (nSPS) is 16.3. The highest BCUT2D eigenvalue weighted by Gasteiger charge is 2.22. The molecule has 0 saturated heterocycles. The van der Waals surface area contributed by atoms with Crippen LogP contribution in [0.3, 0.4) is 0 Å². The van der Waals surface area contributed by atoms with Gasteiger partial charge < -0.3 is 5.32 Å². The van der Waals surface area contributed by atoms with Crippen molar-refractivity contribution in [3.05, 3.63) is 16.5 Å². The number of thiophene rings is 1. The first-order valence-electron chi connectivity index (χ1n) is 7.20. The van der Waals surface area contributed by atoms with Gasteiger partial charge in [0, 0.05) is 22.6 Å². The third-order valence-corrected chi connectivity index (χ3v) is 7.32. The van der Waals surface area contributed by atoms with Crippen LogP contribution < -0.4 is 5.32 Å². The second-order valence-electron chi connectivity index (χ2n) is 5.55. The lowest BCUT2D eigenvalue weighted by Gasteiger charge is -2.09. The zero-order valence-corrected chi connectivity index (χ0v) is 14.4. The molecule has 0 atom stereocenters. The lowest BCUT2D eigenvalue weighted by molar-refractivity contribution is 0.0952. The van der Waals surface area contributed by atoms with Gasteiger partial charge in [-0.1, -0.05) is 25.7 Å². The first-order valence-corrected chi connectivity index (χ1v) is 10.4. The lowest BCUT2D eigenvalue weighted by atomic mass is 10.0. The second-order valence-corrected chi connectivity index (χ2v) is 9.19. The molecule has 2 rings (SSSR count). The van der Waals surface area contributed by atoms with Crippen LogP contribution in [0.5, 0.6) is 0 Å². The van der Waals surface area contributed by atoms with Gasteiger partial charge in [0.1, 0.15) is 4.21 Å². The first-order chi connectivity index (χ1) is 9.89. The minimum Gasteiger partial charge on any atom is -0.352 e. The van der Waals surface area contributed by atoms with Crippen LogP contribution in [0.25, 0.3) is 0 Å². The molecule has 1 saturated carbocycles.